The first-order valence-electron chi connectivity index (χ1n) is 4.58. The molecule has 0 N–H and O–H groups in total. The first-order chi connectivity index (χ1) is 5.49. The molecule has 0 spiro atoms. The fourth-order valence-corrected chi connectivity index (χ4v) is 6.16. The van der Waals surface area contributed by atoms with Crippen molar-refractivity contribution in [1.29, 1.82) is 0 Å². The molecule has 1 heterocycles. The number of carbonyl (C=O) groups excluding carboxylic acids is 1. The number of rotatable bonds is 2. The molecule has 0 aromatic carbocycles. The summed E-state index contributed by atoms with van der Waals surface area (Å²) in [4.78, 5) is 10.7. The minimum Gasteiger partial charge on any atom is -0.417 e. The van der Waals surface area contributed by atoms with Crippen LogP contribution in [-0.2, 0) is 9.22 Å². The summed E-state index contributed by atoms with van der Waals surface area (Å²) in [6, 6.07) is 0. The Morgan fingerprint density at radius 2 is 2.17 bits per heavy atom. The van der Waals surface area contributed by atoms with Gasteiger partial charge in [0.2, 0.25) is 0 Å². The molecule has 0 bridgehead atoms. The van der Waals surface area contributed by atoms with Gasteiger partial charge in [-0.1, -0.05) is 13.8 Å². The molecule has 1 fully saturated rings. The molecule has 0 aromatic rings. The van der Waals surface area contributed by atoms with E-state index in [1.807, 2.05) is 6.92 Å². The highest BCUT2D eigenvalue weighted by molar-refractivity contribution is 6.73. The number of hydrogen-bond acceptors (Lipinski definition) is 2. The lowest BCUT2D eigenvalue weighted by Crippen LogP contribution is -2.35. The van der Waals surface area contributed by atoms with Gasteiger partial charge in [-0.05, 0) is 24.6 Å². The van der Waals surface area contributed by atoms with Crippen molar-refractivity contribution in [2.45, 2.75) is 32.5 Å². The van der Waals surface area contributed by atoms with Gasteiger partial charge in [-0.25, -0.2) is 0 Å². The van der Waals surface area contributed by atoms with E-state index in [0.29, 0.717) is 11.5 Å². The van der Waals surface area contributed by atoms with E-state index in [-0.39, 0.29) is 5.92 Å². The summed E-state index contributed by atoms with van der Waals surface area (Å²) >= 11 is 0. The van der Waals surface area contributed by atoms with Crippen LogP contribution in [0.25, 0.3) is 0 Å². The van der Waals surface area contributed by atoms with E-state index < -0.39 is 8.32 Å². The van der Waals surface area contributed by atoms with Crippen LogP contribution in [0.5, 0.6) is 0 Å². The molecule has 12 heavy (non-hydrogen) atoms. The van der Waals surface area contributed by atoms with Crippen molar-refractivity contribution in [1.82, 2.24) is 0 Å². The Balaban J connectivity index is 2.77. The standard InChI is InChI=1S/C9H18O2Si/c1-7(5-10)9-8(2)6-11-12(9,3)4/h5,7-9H,6H2,1-4H3/t7-,8+,9+/m0/s1. The largest absolute Gasteiger partial charge is 0.417 e. The van der Waals surface area contributed by atoms with Crippen molar-refractivity contribution in [3.8, 4) is 0 Å². The monoisotopic (exact) mass is 186 g/mol. The third-order valence-corrected chi connectivity index (χ3v) is 6.53. The van der Waals surface area contributed by atoms with Crippen molar-refractivity contribution >= 4 is 14.6 Å². The highest BCUT2D eigenvalue weighted by Gasteiger charge is 2.45. The van der Waals surface area contributed by atoms with Gasteiger partial charge in [-0.3, -0.25) is 0 Å². The molecule has 0 amide bonds. The molecule has 1 aliphatic rings. The number of carbonyl (C=O) groups is 1. The molecular weight excluding hydrogens is 168 g/mol. The van der Waals surface area contributed by atoms with Crippen LogP contribution in [0.1, 0.15) is 13.8 Å². The molecular formula is C9H18O2Si. The van der Waals surface area contributed by atoms with Crippen molar-refractivity contribution in [3.63, 3.8) is 0 Å². The van der Waals surface area contributed by atoms with Gasteiger partial charge in [0, 0.05) is 12.5 Å². The lowest BCUT2D eigenvalue weighted by molar-refractivity contribution is -0.111. The Morgan fingerprint density at radius 1 is 1.58 bits per heavy atom. The zero-order chi connectivity index (χ0) is 9.35. The van der Waals surface area contributed by atoms with Crippen LogP contribution in [0.2, 0.25) is 18.6 Å². The number of aldehydes is 1. The van der Waals surface area contributed by atoms with Crippen LogP contribution in [0.3, 0.4) is 0 Å². The fraction of sp³-hybridized carbons (Fsp3) is 0.889. The lowest BCUT2D eigenvalue weighted by atomic mass is 9.98. The third kappa shape index (κ3) is 1.61. The molecule has 0 aliphatic carbocycles. The summed E-state index contributed by atoms with van der Waals surface area (Å²) in [5.74, 6) is 0.732. The quantitative estimate of drug-likeness (QED) is 0.487. The van der Waals surface area contributed by atoms with Gasteiger partial charge in [-0.2, -0.15) is 0 Å². The Hall–Kier alpha value is -0.153. The van der Waals surface area contributed by atoms with E-state index in [0.717, 1.165) is 12.9 Å². The molecule has 3 atom stereocenters. The van der Waals surface area contributed by atoms with E-state index >= 15 is 0 Å². The molecule has 1 aliphatic heterocycles. The third-order valence-electron chi connectivity index (χ3n) is 2.92. The molecule has 0 aromatic heterocycles. The predicted molar refractivity (Wildman–Crippen MR) is 51.6 cm³/mol. The fourth-order valence-electron chi connectivity index (χ4n) is 2.47. The highest BCUT2D eigenvalue weighted by Crippen LogP contribution is 2.42. The van der Waals surface area contributed by atoms with E-state index in [9.17, 15) is 4.79 Å². The smallest absolute Gasteiger partial charge is 0.190 e. The van der Waals surface area contributed by atoms with Gasteiger partial charge in [0.05, 0.1) is 0 Å². The maximum atomic E-state index is 10.7. The van der Waals surface area contributed by atoms with Gasteiger partial charge < -0.3 is 9.22 Å². The second-order valence-electron chi connectivity index (χ2n) is 4.41. The van der Waals surface area contributed by atoms with E-state index in [2.05, 4.69) is 20.0 Å². The topological polar surface area (TPSA) is 26.3 Å². The normalized spacial score (nSPS) is 36.3. The van der Waals surface area contributed by atoms with Crippen LogP contribution in [0.4, 0.5) is 0 Å². The van der Waals surface area contributed by atoms with Crippen LogP contribution in [-0.4, -0.2) is 21.2 Å². The first kappa shape index (κ1) is 9.93. The average molecular weight is 186 g/mol. The van der Waals surface area contributed by atoms with Gasteiger partial charge in [0.1, 0.15) is 6.29 Å². The molecule has 1 rings (SSSR count). The second-order valence-corrected chi connectivity index (χ2v) is 8.57. The molecule has 0 unspecified atom stereocenters. The van der Waals surface area contributed by atoms with Crippen LogP contribution in [0.15, 0.2) is 0 Å². The van der Waals surface area contributed by atoms with Crippen LogP contribution < -0.4 is 0 Å². The summed E-state index contributed by atoms with van der Waals surface area (Å²) in [5, 5.41) is 0. The maximum absolute atomic E-state index is 10.7. The van der Waals surface area contributed by atoms with Crippen LogP contribution in [0, 0.1) is 11.8 Å². The molecule has 0 saturated carbocycles. The summed E-state index contributed by atoms with van der Waals surface area (Å²) in [6.07, 6.45) is 1.07. The second kappa shape index (κ2) is 3.30. The predicted octanol–water partition coefficient (Wildman–Crippen LogP) is 2.06. The zero-order valence-electron chi connectivity index (χ0n) is 8.33. The molecule has 1 saturated heterocycles. The Morgan fingerprint density at radius 3 is 2.50 bits per heavy atom. The van der Waals surface area contributed by atoms with Gasteiger partial charge in [0.25, 0.3) is 0 Å². The first-order valence-corrected chi connectivity index (χ1v) is 7.57. The SMILES string of the molecule is C[C@@H]1CO[Si](C)(C)[C@@H]1[C@@H](C)C=O. The highest BCUT2D eigenvalue weighted by atomic mass is 28.4. The Bertz CT molecular complexity index is 179. The van der Waals surface area contributed by atoms with Crippen LogP contribution >= 0.6 is 0 Å². The molecule has 3 heteroatoms. The summed E-state index contributed by atoms with van der Waals surface area (Å²) < 4.78 is 5.77. The minimum atomic E-state index is -1.55. The van der Waals surface area contributed by atoms with Crippen molar-refractivity contribution < 1.29 is 9.22 Å². The van der Waals surface area contributed by atoms with Gasteiger partial charge >= 0.3 is 0 Å². The summed E-state index contributed by atoms with van der Waals surface area (Å²) in [5.41, 5.74) is 0.509. The van der Waals surface area contributed by atoms with Gasteiger partial charge in [-0.15, -0.1) is 0 Å². The van der Waals surface area contributed by atoms with Crippen molar-refractivity contribution in [2.75, 3.05) is 6.61 Å². The number of hydrogen-bond donors (Lipinski definition) is 0. The van der Waals surface area contributed by atoms with E-state index in [1.54, 1.807) is 0 Å². The summed E-state index contributed by atoms with van der Waals surface area (Å²) in [6.45, 7) is 9.47. The Labute approximate surface area is 75.4 Å². The zero-order valence-corrected chi connectivity index (χ0v) is 9.33. The lowest BCUT2D eigenvalue weighted by Gasteiger charge is -2.27. The van der Waals surface area contributed by atoms with Crippen molar-refractivity contribution in [3.05, 3.63) is 0 Å². The summed E-state index contributed by atoms with van der Waals surface area (Å²) in [7, 11) is -1.55. The van der Waals surface area contributed by atoms with E-state index in [1.165, 1.54) is 0 Å². The molecule has 0 radical (unpaired) electrons. The van der Waals surface area contributed by atoms with Gasteiger partial charge in [0.15, 0.2) is 8.32 Å². The maximum Gasteiger partial charge on any atom is 0.190 e. The van der Waals surface area contributed by atoms with Crippen molar-refractivity contribution in [2.24, 2.45) is 11.8 Å². The average Bonchev–Trinajstić information content (AvgIpc) is 2.25. The van der Waals surface area contributed by atoms with E-state index in [4.69, 9.17) is 4.43 Å². The Kier molecular flexibility index (Phi) is 2.73. The minimum absolute atomic E-state index is 0.171. The molecule has 2 nitrogen and oxygen atoms in total. The molecule has 70 valence electrons.